The molecule has 0 aromatic heterocycles. The van der Waals surface area contributed by atoms with Crippen molar-refractivity contribution in [2.24, 2.45) is 35.0 Å². The van der Waals surface area contributed by atoms with Gasteiger partial charge >= 0.3 is 5.97 Å². The molecule has 3 aliphatic carbocycles. The molecule has 0 bridgehead atoms. The van der Waals surface area contributed by atoms with Gasteiger partial charge < -0.3 is 20.9 Å². The van der Waals surface area contributed by atoms with Crippen molar-refractivity contribution in [3.63, 3.8) is 0 Å². The third-order valence-electron chi connectivity index (χ3n) is 11.4. The Labute approximate surface area is 263 Å². The van der Waals surface area contributed by atoms with Crippen LogP contribution in [0.5, 0.6) is 17.2 Å². The van der Waals surface area contributed by atoms with Gasteiger partial charge in [-0.2, -0.15) is 0 Å². The number of esters is 1. The van der Waals surface area contributed by atoms with E-state index in [-0.39, 0.29) is 5.97 Å². The van der Waals surface area contributed by atoms with Crippen LogP contribution in [0.3, 0.4) is 0 Å². The highest BCUT2D eigenvalue weighted by atomic mass is 16.5. The van der Waals surface area contributed by atoms with Gasteiger partial charge in [-0.15, -0.1) is 0 Å². The minimum absolute atomic E-state index is 0.369. The van der Waals surface area contributed by atoms with Gasteiger partial charge in [0.1, 0.15) is 17.2 Å². The molecule has 44 heavy (non-hydrogen) atoms. The Bertz CT molecular complexity index is 1460. The Balaban J connectivity index is 1.08. The van der Waals surface area contributed by atoms with E-state index in [2.05, 4.69) is 39.8 Å². The first-order chi connectivity index (χ1) is 21.1. The van der Waals surface area contributed by atoms with E-state index in [0.717, 1.165) is 36.0 Å². The molecule has 0 aliphatic heterocycles. The molecule has 0 radical (unpaired) electrons. The lowest BCUT2D eigenvalue weighted by molar-refractivity contribution is 0.00967. The van der Waals surface area contributed by atoms with Gasteiger partial charge in [0, 0.05) is 23.5 Å². The molecule has 0 spiro atoms. The summed E-state index contributed by atoms with van der Waals surface area (Å²) in [4.78, 5) is 13.0. The van der Waals surface area contributed by atoms with E-state index in [1.807, 2.05) is 6.07 Å². The Morgan fingerprint density at radius 2 is 1.59 bits per heavy atom. The van der Waals surface area contributed by atoms with E-state index in [4.69, 9.17) is 20.9 Å². The first-order valence-electron chi connectivity index (χ1n) is 16.9. The molecule has 234 valence electrons. The smallest absolute Gasteiger partial charge is 0.343 e. The highest BCUT2D eigenvalue weighted by molar-refractivity contribution is 5.91. The normalized spacial score (nSPS) is 26.4. The molecular weight excluding hydrogens is 544 g/mol. The summed E-state index contributed by atoms with van der Waals surface area (Å²) < 4.78 is 11.7. The summed E-state index contributed by atoms with van der Waals surface area (Å²) in [5.74, 6) is 6.18. The Morgan fingerprint density at radius 1 is 0.864 bits per heavy atom. The third-order valence-corrected chi connectivity index (χ3v) is 11.4. The van der Waals surface area contributed by atoms with Gasteiger partial charge in [-0.05, 0) is 133 Å². The molecule has 2 saturated carbocycles. The van der Waals surface area contributed by atoms with Gasteiger partial charge in [0.25, 0.3) is 0 Å². The van der Waals surface area contributed by atoms with Crippen molar-refractivity contribution in [1.82, 2.24) is 0 Å². The second-order valence-electron chi connectivity index (χ2n) is 14.7. The van der Waals surface area contributed by atoms with Crippen molar-refractivity contribution in [3.05, 3.63) is 77.4 Å². The van der Waals surface area contributed by atoms with Crippen molar-refractivity contribution in [3.8, 4) is 17.2 Å². The standard InChI is InChI=1S/C39H50N2O3/c1-24(2)6-5-7-25(3)36-16-17-37-35-14-10-27-20-31(13-15-33(27)34(35)18-19-39(36,37)4)44-38(42)26-8-11-30(12-9-26)43-32-22-28(40)21-29(41)23-32/h8-9,11-13,15,20-25,34-37H,5-7,10,14,16-19,40-41H2,1-4H3. The predicted octanol–water partition coefficient (Wildman–Crippen LogP) is 9.80. The first-order valence-corrected chi connectivity index (χ1v) is 16.9. The van der Waals surface area contributed by atoms with Crippen LogP contribution in [0.25, 0.3) is 0 Å². The average molecular weight is 595 g/mol. The highest BCUT2D eigenvalue weighted by Gasteiger charge is 2.55. The van der Waals surface area contributed by atoms with E-state index in [9.17, 15) is 4.79 Å². The lowest BCUT2D eigenvalue weighted by Crippen LogP contribution is -2.43. The third kappa shape index (κ3) is 6.20. The summed E-state index contributed by atoms with van der Waals surface area (Å²) in [6.07, 6.45) is 11.9. The van der Waals surface area contributed by atoms with Crippen LogP contribution in [0.2, 0.25) is 0 Å². The second-order valence-corrected chi connectivity index (χ2v) is 14.7. The number of ether oxygens (including phenoxy) is 2. The fourth-order valence-electron chi connectivity index (χ4n) is 9.31. The molecule has 5 heteroatoms. The number of hydrogen-bond donors (Lipinski definition) is 2. The number of aryl methyl sites for hydroxylation is 1. The van der Waals surface area contributed by atoms with Crippen LogP contribution in [0, 0.1) is 35.0 Å². The zero-order valence-electron chi connectivity index (χ0n) is 27.0. The van der Waals surface area contributed by atoms with Crippen LogP contribution in [0.15, 0.2) is 60.7 Å². The van der Waals surface area contributed by atoms with Gasteiger partial charge in [-0.3, -0.25) is 0 Å². The van der Waals surface area contributed by atoms with Crippen molar-refractivity contribution in [2.75, 3.05) is 11.5 Å². The van der Waals surface area contributed by atoms with Crippen LogP contribution < -0.4 is 20.9 Å². The molecule has 5 nitrogen and oxygen atoms in total. The molecule has 0 saturated heterocycles. The van der Waals surface area contributed by atoms with Crippen molar-refractivity contribution in [1.29, 1.82) is 0 Å². The SMILES string of the molecule is CC(C)CCCC(C)C1CCC2C3CCc4cc(OC(=O)c5ccc(Oc6cc(N)cc(N)c6)cc5)ccc4C3CCC12C. The predicted molar refractivity (Wildman–Crippen MR) is 179 cm³/mol. The first kappa shape index (κ1) is 30.6. The number of fused-ring (bicyclic) bond motifs is 5. The summed E-state index contributed by atoms with van der Waals surface area (Å²) in [6, 6.07) is 18.4. The number of carbonyl (C=O) groups excluding carboxylic acids is 1. The molecule has 6 rings (SSSR count). The summed E-state index contributed by atoms with van der Waals surface area (Å²) in [7, 11) is 0. The maximum absolute atomic E-state index is 13.0. The summed E-state index contributed by atoms with van der Waals surface area (Å²) >= 11 is 0. The number of anilines is 2. The molecule has 4 N–H and O–H groups in total. The molecule has 0 amide bonds. The van der Waals surface area contributed by atoms with Gasteiger partial charge in [-0.25, -0.2) is 4.79 Å². The molecule has 2 fully saturated rings. The van der Waals surface area contributed by atoms with Gasteiger partial charge in [0.15, 0.2) is 0 Å². The van der Waals surface area contributed by atoms with E-state index in [1.165, 1.54) is 62.5 Å². The second kappa shape index (κ2) is 12.5. The zero-order chi connectivity index (χ0) is 31.0. The monoisotopic (exact) mass is 594 g/mol. The van der Waals surface area contributed by atoms with Crippen LogP contribution in [0.4, 0.5) is 11.4 Å². The van der Waals surface area contributed by atoms with Crippen molar-refractivity contribution < 1.29 is 14.3 Å². The molecule has 3 aromatic rings. The Morgan fingerprint density at radius 3 is 2.32 bits per heavy atom. The highest BCUT2D eigenvalue weighted by Crippen LogP contribution is 2.64. The summed E-state index contributed by atoms with van der Waals surface area (Å²) in [5, 5.41) is 0. The molecule has 6 unspecified atom stereocenters. The molecule has 6 atom stereocenters. The zero-order valence-corrected chi connectivity index (χ0v) is 27.0. The fraction of sp³-hybridized carbons (Fsp3) is 0.513. The van der Waals surface area contributed by atoms with E-state index in [1.54, 1.807) is 42.5 Å². The number of benzene rings is 3. The van der Waals surface area contributed by atoms with Gasteiger partial charge in [-0.1, -0.05) is 53.0 Å². The van der Waals surface area contributed by atoms with Gasteiger partial charge in [0.05, 0.1) is 5.56 Å². The molecular formula is C39H50N2O3. The lowest BCUT2D eigenvalue weighted by atomic mass is 9.53. The van der Waals surface area contributed by atoms with Crippen molar-refractivity contribution >= 4 is 17.3 Å². The van der Waals surface area contributed by atoms with E-state index < -0.39 is 0 Å². The quantitative estimate of drug-likeness (QED) is 0.146. The number of nitrogens with two attached hydrogens (primary N) is 2. The van der Waals surface area contributed by atoms with Crippen LogP contribution in [0.1, 0.15) is 106 Å². The number of hydrogen-bond acceptors (Lipinski definition) is 5. The fourth-order valence-corrected chi connectivity index (χ4v) is 9.31. The number of nitrogen functional groups attached to an aromatic ring is 2. The maximum Gasteiger partial charge on any atom is 0.343 e. The lowest BCUT2D eigenvalue weighted by Gasteiger charge is -2.52. The topological polar surface area (TPSA) is 87.6 Å². The largest absolute Gasteiger partial charge is 0.457 e. The summed E-state index contributed by atoms with van der Waals surface area (Å²) in [6.45, 7) is 9.89. The van der Waals surface area contributed by atoms with Crippen LogP contribution >= 0.6 is 0 Å². The van der Waals surface area contributed by atoms with Gasteiger partial charge in [0.2, 0.25) is 0 Å². The minimum Gasteiger partial charge on any atom is -0.457 e. The Kier molecular flexibility index (Phi) is 8.68. The van der Waals surface area contributed by atoms with Crippen LogP contribution in [-0.2, 0) is 6.42 Å². The number of carbonyl (C=O) groups is 1. The maximum atomic E-state index is 13.0. The van der Waals surface area contributed by atoms with Crippen molar-refractivity contribution in [2.45, 2.75) is 91.4 Å². The molecule has 3 aromatic carbocycles. The number of rotatable bonds is 9. The minimum atomic E-state index is -0.369. The van der Waals surface area contributed by atoms with Crippen LogP contribution in [-0.4, -0.2) is 5.97 Å². The Hall–Kier alpha value is -3.47. The average Bonchev–Trinajstić information content (AvgIpc) is 3.34. The molecule has 3 aliphatic rings. The summed E-state index contributed by atoms with van der Waals surface area (Å²) in [5.41, 5.74) is 16.6. The molecule has 0 heterocycles. The van der Waals surface area contributed by atoms with E-state index >= 15 is 0 Å². The van der Waals surface area contributed by atoms with E-state index in [0.29, 0.717) is 45.5 Å².